The number of alkyl halides is 1. The highest BCUT2D eigenvalue weighted by Gasteiger charge is 1.95. The maximum atomic E-state index is 10.5. The van der Waals surface area contributed by atoms with Crippen molar-refractivity contribution in [3.05, 3.63) is 34.3 Å². The number of hydrogen-bond acceptors (Lipinski definition) is 1. The second-order valence-electron chi connectivity index (χ2n) is 2.63. The van der Waals surface area contributed by atoms with Gasteiger partial charge in [-0.15, -0.1) is 11.6 Å². The summed E-state index contributed by atoms with van der Waals surface area (Å²) in [5.41, 5.74) is 1.28. The van der Waals surface area contributed by atoms with Crippen molar-refractivity contribution >= 4 is 29.5 Å². The zero-order valence-electron chi connectivity index (χ0n) is 7.39. The molecule has 0 spiro atoms. The molecule has 1 aromatic carbocycles. The smallest absolute Gasteiger partial charge is 0.150 e. The Morgan fingerprint density at radius 1 is 1.36 bits per heavy atom. The van der Waals surface area contributed by atoms with E-state index >= 15 is 0 Å². The minimum atomic E-state index is 0.508. The molecule has 3 heteroatoms. The fourth-order valence-corrected chi connectivity index (χ4v) is 1.30. The van der Waals surface area contributed by atoms with Crippen LogP contribution in [0.4, 0.5) is 0 Å². The van der Waals surface area contributed by atoms with E-state index in [1.165, 1.54) is 0 Å². The van der Waals surface area contributed by atoms with E-state index in [0.717, 1.165) is 11.8 Å². The molecule has 72 valence electrons. The third-order valence-corrected chi connectivity index (χ3v) is 1.92. The van der Waals surface area contributed by atoms with Crippen molar-refractivity contribution < 1.29 is 4.79 Å². The van der Waals surface area contributed by atoms with Crippen LogP contribution in [-0.4, -0.2) is 12.2 Å². The number of rotatable bonds is 2. The summed E-state index contributed by atoms with van der Waals surface area (Å²) in [4.78, 5) is 10.5. The highest BCUT2D eigenvalue weighted by atomic mass is 35.5. The van der Waals surface area contributed by atoms with Gasteiger partial charge in [0.2, 0.25) is 0 Å². The van der Waals surface area contributed by atoms with Gasteiger partial charge in [-0.2, -0.15) is 0 Å². The van der Waals surface area contributed by atoms with Gasteiger partial charge < -0.3 is 0 Å². The van der Waals surface area contributed by atoms with E-state index in [1.54, 1.807) is 18.2 Å². The Morgan fingerprint density at radius 3 is 2.79 bits per heavy atom. The molecule has 1 rings (SSSR count). The topological polar surface area (TPSA) is 17.1 Å². The lowest BCUT2D eigenvalue weighted by Gasteiger charge is -1.94. The van der Waals surface area contributed by atoms with Crippen LogP contribution in [0.3, 0.4) is 0 Å². The zero-order chi connectivity index (χ0) is 10.4. The van der Waals surface area contributed by atoms with Crippen LogP contribution in [0.15, 0.2) is 18.2 Å². The Bertz CT molecular complexity index is 388. The van der Waals surface area contributed by atoms with Crippen LogP contribution in [-0.2, 0) is 0 Å². The molecule has 0 saturated carbocycles. The van der Waals surface area contributed by atoms with Crippen LogP contribution in [0.2, 0.25) is 5.02 Å². The third kappa shape index (κ3) is 3.41. The van der Waals surface area contributed by atoms with Gasteiger partial charge in [0.05, 0.1) is 0 Å². The van der Waals surface area contributed by atoms with Gasteiger partial charge >= 0.3 is 0 Å². The highest BCUT2D eigenvalue weighted by Crippen LogP contribution is 2.13. The standard InChI is InChI=1S/C11H8Cl2O/c12-4-2-1-3-9-5-10(8-14)7-11(13)6-9/h5-8H,2,4H2. The summed E-state index contributed by atoms with van der Waals surface area (Å²) in [5.74, 6) is 6.26. The van der Waals surface area contributed by atoms with Crippen molar-refractivity contribution in [1.29, 1.82) is 0 Å². The number of halogens is 2. The quantitative estimate of drug-likeness (QED) is 0.431. The maximum absolute atomic E-state index is 10.5. The fourth-order valence-electron chi connectivity index (χ4n) is 0.964. The Balaban J connectivity index is 2.93. The van der Waals surface area contributed by atoms with E-state index in [9.17, 15) is 4.79 Å². The molecule has 14 heavy (non-hydrogen) atoms. The molecule has 0 atom stereocenters. The molecule has 0 aliphatic carbocycles. The molecule has 0 heterocycles. The van der Waals surface area contributed by atoms with Gasteiger partial charge in [-0.1, -0.05) is 23.4 Å². The molecule has 0 fully saturated rings. The van der Waals surface area contributed by atoms with Crippen LogP contribution in [0, 0.1) is 11.8 Å². The molecule has 0 unspecified atom stereocenters. The average molecular weight is 227 g/mol. The van der Waals surface area contributed by atoms with E-state index in [-0.39, 0.29) is 0 Å². The minimum Gasteiger partial charge on any atom is -0.298 e. The first-order valence-corrected chi connectivity index (χ1v) is 4.98. The van der Waals surface area contributed by atoms with E-state index in [2.05, 4.69) is 11.8 Å². The van der Waals surface area contributed by atoms with Crippen molar-refractivity contribution in [2.24, 2.45) is 0 Å². The van der Waals surface area contributed by atoms with Crippen molar-refractivity contribution in [1.82, 2.24) is 0 Å². The van der Waals surface area contributed by atoms with E-state index in [0.29, 0.717) is 22.9 Å². The lowest BCUT2D eigenvalue weighted by atomic mass is 10.1. The van der Waals surface area contributed by atoms with Crippen LogP contribution in [0.5, 0.6) is 0 Å². The summed E-state index contributed by atoms with van der Waals surface area (Å²) >= 11 is 11.3. The van der Waals surface area contributed by atoms with Gasteiger partial charge in [0.25, 0.3) is 0 Å². The predicted molar refractivity (Wildman–Crippen MR) is 59.1 cm³/mol. The first-order valence-electron chi connectivity index (χ1n) is 4.07. The monoisotopic (exact) mass is 226 g/mol. The summed E-state index contributed by atoms with van der Waals surface area (Å²) < 4.78 is 0. The van der Waals surface area contributed by atoms with E-state index in [4.69, 9.17) is 23.2 Å². The Labute approximate surface area is 93.0 Å². The predicted octanol–water partition coefficient (Wildman–Crippen LogP) is 3.13. The summed E-state index contributed by atoms with van der Waals surface area (Å²) in [7, 11) is 0. The van der Waals surface area contributed by atoms with E-state index < -0.39 is 0 Å². The number of aldehydes is 1. The number of hydrogen-bond donors (Lipinski definition) is 0. The number of carbonyl (C=O) groups is 1. The fraction of sp³-hybridized carbons (Fsp3) is 0.182. The first kappa shape index (κ1) is 11.1. The minimum absolute atomic E-state index is 0.508. The molecular weight excluding hydrogens is 219 g/mol. The van der Waals surface area contributed by atoms with Crippen LogP contribution in [0.25, 0.3) is 0 Å². The van der Waals surface area contributed by atoms with Gasteiger partial charge in [0.1, 0.15) is 6.29 Å². The van der Waals surface area contributed by atoms with Gasteiger partial charge in [-0.25, -0.2) is 0 Å². The van der Waals surface area contributed by atoms with Crippen molar-refractivity contribution in [2.45, 2.75) is 6.42 Å². The maximum Gasteiger partial charge on any atom is 0.150 e. The molecule has 0 bridgehead atoms. The Hall–Kier alpha value is -0.970. The molecule has 0 radical (unpaired) electrons. The second-order valence-corrected chi connectivity index (χ2v) is 3.45. The zero-order valence-corrected chi connectivity index (χ0v) is 8.90. The lowest BCUT2D eigenvalue weighted by molar-refractivity contribution is 0.112. The van der Waals surface area contributed by atoms with Gasteiger partial charge in [-0.3, -0.25) is 4.79 Å². The molecule has 1 nitrogen and oxygen atoms in total. The Morgan fingerprint density at radius 2 is 2.14 bits per heavy atom. The van der Waals surface area contributed by atoms with Crippen molar-refractivity contribution in [3.8, 4) is 11.8 Å². The molecule has 0 aliphatic rings. The molecule has 0 N–H and O–H groups in total. The molecule has 0 aliphatic heterocycles. The molecular formula is C11H8Cl2O. The van der Waals surface area contributed by atoms with Crippen LogP contribution < -0.4 is 0 Å². The molecule has 0 aromatic heterocycles. The normalized spacial score (nSPS) is 9.00. The van der Waals surface area contributed by atoms with Crippen LogP contribution in [0.1, 0.15) is 22.3 Å². The first-order chi connectivity index (χ1) is 6.76. The summed E-state index contributed by atoms with van der Waals surface area (Å²) in [5, 5.41) is 0.518. The van der Waals surface area contributed by atoms with Crippen molar-refractivity contribution in [2.75, 3.05) is 5.88 Å². The highest BCUT2D eigenvalue weighted by molar-refractivity contribution is 6.31. The number of benzene rings is 1. The summed E-state index contributed by atoms with van der Waals surface area (Å²) in [6.07, 6.45) is 1.38. The van der Waals surface area contributed by atoms with Gasteiger partial charge in [-0.05, 0) is 18.2 Å². The largest absolute Gasteiger partial charge is 0.298 e. The summed E-state index contributed by atoms with van der Waals surface area (Å²) in [6, 6.07) is 5.01. The summed E-state index contributed by atoms with van der Waals surface area (Å²) in [6.45, 7) is 0. The SMILES string of the molecule is O=Cc1cc(Cl)cc(C#CCCCl)c1. The molecule has 0 saturated heterocycles. The van der Waals surface area contributed by atoms with Gasteiger partial charge in [0.15, 0.2) is 0 Å². The lowest BCUT2D eigenvalue weighted by Crippen LogP contribution is -1.82. The molecule has 0 amide bonds. The number of carbonyl (C=O) groups excluding carboxylic acids is 1. The van der Waals surface area contributed by atoms with E-state index in [1.807, 2.05) is 0 Å². The van der Waals surface area contributed by atoms with Crippen LogP contribution >= 0.6 is 23.2 Å². The Kier molecular flexibility index (Phi) is 4.52. The second kappa shape index (κ2) is 5.70. The van der Waals surface area contributed by atoms with Gasteiger partial charge in [0, 0.05) is 28.5 Å². The molecule has 1 aromatic rings. The van der Waals surface area contributed by atoms with Crippen molar-refractivity contribution in [3.63, 3.8) is 0 Å². The third-order valence-electron chi connectivity index (χ3n) is 1.51. The average Bonchev–Trinajstić information content (AvgIpc) is 2.17.